The third-order valence-electron chi connectivity index (χ3n) is 22.8. The Balaban J connectivity index is 0.000000163. The summed E-state index contributed by atoms with van der Waals surface area (Å²) in [7, 11) is -23.2. The first kappa shape index (κ1) is 110. The summed E-state index contributed by atoms with van der Waals surface area (Å²) in [5, 5.41) is 6.22. The highest BCUT2D eigenvalue weighted by molar-refractivity contribution is 9.10. The molecule has 19 rings (SSSR count). The molecule has 0 aliphatic carbocycles. The Morgan fingerprint density at radius 1 is 0.365 bits per heavy atom. The molecule has 7 heterocycles. The number of pyridine rings is 1. The smallest absolute Gasteiger partial charge is 0.380 e. The first-order valence-corrected chi connectivity index (χ1v) is 57.2. The molecule has 1 atom stereocenters. The predicted octanol–water partition coefficient (Wildman–Crippen LogP) is 19.7. The first-order chi connectivity index (χ1) is 70.8. The van der Waals surface area contributed by atoms with Crippen LogP contribution in [0.5, 0.6) is 17.2 Å². The number of anilines is 3. The molecular formula is C108H103Br2N9O23S6. The van der Waals surface area contributed by atoms with Crippen LogP contribution in [0.15, 0.2) is 373 Å². The fraction of sp³-hybridized carbons (Fsp3) is 0.167. The van der Waals surface area contributed by atoms with Crippen molar-refractivity contribution in [1.82, 2.24) is 10.6 Å². The molecule has 5 N–H and O–H groups in total. The summed E-state index contributed by atoms with van der Waals surface area (Å²) < 4.78 is 241. The molecule has 3 aliphatic heterocycles. The molecule has 0 saturated carbocycles. The number of ether oxygens (including phenoxy) is 3. The van der Waals surface area contributed by atoms with Crippen LogP contribution >= 0.6 is 31.9 Å². The van der Waals surface area contributed by atoms with Crippen molar-refractivity contribution in [3.05, 3.63) is 377 Å². The molecule has 1 unspecified atom stereocenters. The molecule has 4 aromatic heterocycles. The third kappa shape index (κ3) is 30.1. The minimum atomic E-state index is -4.77. The lowest BCUT2D eigenvalue weighted by Gasteiger charge is -2.20. The van der Waals surface area contributed by atoms with Crippen LogP contribution in [-0.2, 0) is 79.3 Å². The molecule has 0 spiro atoms. The van der Waals surface area contributed by atoms with E-state index in [0.717, 1.165) is 102 Å². The van der Waals surface area contributed by atoms with Gasteiger partial charge in [-0.15, -0.1) is 13.7 Å². The number of oxazole rings is 3. The van der Waals surface area contributed by atoms with E-state index >= 15 is 0 Å². The summed E-state index contributed by atoms with van der Waals surface area (Å²) in [6, 6.07) is 91.0. The Morgan fingerprint density at radius 3 is 0.932 bits per heavy atom. The molecule has 0 saturated heterocycles. The first-order valence-electron chi connectivity index (χ1n) is 46.4. The summed E-state index contributed by atoms with van der Waals surface area (Å²) in [5.41, 5.74) is 15.1. The van der Waals surface area contributed by atoms with E-state index < -0.39 is 91.1 Å². The zero-order valence-electron chi connectivity index (χ0n) is 80.7. The fourth-order valence-electron chi connectivity index (χ4n) is 15.9. The minimum Gasteiger partial charge on any atom is -0.771 e. The molecule has 16 aromatic rings. The largest absolute Gasteiger partial charge is 0.771 e. The molecule has 32 nitrogen and oxygen atoms in total. The van der Waals surface area contributed by atoms with Gasteiger partial charge in [-0.05, 0) is 207 Å². The second-order valence-corrected chi connectivity index (χ2v) is 42.9. The van der Waals surface area contributed by atoms with Crippen LogP contribution in [0.2, 0.25) is 0 Å². The number of hydrogen-bond acceptors (Lipinski definition) is 26. The van der Waals surface area contributed by atoms with Crippen LogP contribution < -0.4 is 58.2 Å². The number of hydrogen-bond donors (Lipinski definition) is 4. The van der Waals surface area contributed by atoms with E-state index in [1.807, 2.05) is 245 Å². The summed E-state index contributed by atoms with van der Waals surface area (Å²) in [4.78, 5) is 7.03. The average Bonchev–Trinajstić information content (AvgIpc) is 1.60. The van der Waals surface area contributed by atoms with Crippen LogP contribution in [0.3, 0.4) is 0 Å². The highest BCUT2D eigenvalue weighted by Crippen LogP contribution is 2.47. The van der Waals surface area contributed by atoms with E-state index in [4.69, 9.17) is 27.5 Å². The monoisotopic (exact) mass is 2240 g/mol. The summed E-state index contributed by atoms with van der Waals surface area (Å²) in [5.74, 6) is -2.89. The summed E-state index contributed by atoms with van der Waals surface area (Å²) in [6.45, 7) is 16.5. The van der Waals surface area contributed by atoms with Gasteiger partial charge < -0.3 is 56.3 Å². The number of fused-ring (bicyclic) bond motifs is 6. The number of aromatic amines is 1. The maximum atomic E-state index is 12.1. The van der Waals surface area contributed by atoms with Crippen LogP contribution in [-0.4, -0.2) is 117 Å². The van der Waals surface area contributed by atoms with Crippen molar-refractivity contribution in [3.63, 3.8) is 0 Å². The van der Waals surface area contributed by atoms with Gasteiger partial charge in [-0.2, -0.15) is 16.8 Å². The van der Waals surface area contributed by atoms with Gasteiger partial charge in [0.15, 0.2) is 71.8 Å². The highest BCUT2D eigenvalue weighted by Gasteiger charge is 2.37. The molecule has 0 bridgehead atoms. The number of benzene rings is 12. The molecule has 40 heteroatoms. The van der Waals surface area contributed by atoms with Gasteiger partial charge in [0.1, 0.15) is 6.08 Å². The topological polar surface area (TPSA) is 447 Å². The van der Waals surface area contributed by atoms with Gasteiger partial charge in [-0.25, -0.2) is 30.2 Å². The predicted molar refractivity (Wildman–Crippen MR) is 574 cm³/mol. The lowest BCUT2D eigenvalue weighted by atomic mass is 10.0. The highest BCUT2D eigenvalue weighted by atomic mass is 79.9. The van der Waals surface area contributed by atoms with Crippen molar-refractivity contribution in [3.8, 4) is 84.0 Å². The molecule has 0 amide bonds. The number of H-pyrrole nitrogens is 1. The van der Waals surface area contributed by atoms with Crippen LogP contribution in [0, 0.1) is 0 Å². The molecule has 3 aliphatic rings. The molecule has 0 radical (unpaired) electrons. The average molecular weight is 2250 g/mol. The van der Waals surface area contributed by atoms with Crippen LogP contribution in [0.25, 0.3) is 118 Å². The number of nitrogens with zero attached hydrogens (tertiary/aromatic N) is 6. The van der Waals surface area contributed by atoms with Crippen molar-refractivity contribution in [2.75, 3.05) is 58.5 Å². The Bertz CT molecular complexity index is 8200. The van der Waals surface area contributed by atoms with E-state index in [0.29, 0.717) is 91.6 Å². The lowest BCUT2D eigenvalue weighted by Crippen LogP contribution is -2.39. The molecule has 0 fully saturated rings. The van der Waals surface area contributed by atoms with Gasteiger partial charge in [0.2, 0.25) is 52.0 Å². The minimum absolute atomic E-state index is 0.0535. The van der Waals surface area contributed by atoms with Crippen molar-refractivity contribution in [1.29, 1.82) is 0 Å². The van der Waals surface area contributed by atoms with Crippen molar-refractivity contribution in [2.45, 2.75) is 72.0 Å². The Hall–Kier alpha value is -13.8. The fourth-order valence-corrected chi connectivity index (χ4v) is 19.9. The molecular weight excluding hydrogens is 2140 g/mol. The van der Waals surface area contributed by atoms with Crippen molar-refractivity contribution in [2.24, 2.45) is 0 Å². The van der Waals surface area contributed by atoms with Crippen LogP contribution in [0.1, 0.15) is 72.1 Å². The third-order valence-corrected chi connectivity index (χ3v) is 27.2. The van der Waals surface area contributed by atoms with Gasteiger partial charge >= 0.3 is 17.7 Å². The summed E-state index contributed by atoms with van der Waals surface area (Å²) in [6.07, 6.45) is 12.4. The quantitative estimate of drug-likeness (QED) is 0.0192. The van der Waals surface area contributed by atoms with Gasteiger partial charge in [0.25, 0.3) is 36.8 Å². The maximum Gasteiger partial charge on any atom is 0.380 e. The van der Waals surface area contributed by atoms with Crippen LogP contribution in [0.4, 0.5) is 17.1 Å². The Kier molecular flexibility index (Phi) is 37.0. The SMILES string of the molecule is CCC(=C/c1oc2ccc(-c3ccc(Br)cc3)cc2[n+]1CS(=O)(=O)[O-])/C=C1/Oc2ccc(-c3ccc(Br)cc3)cc2N1CS(=O)(=O)O.CCC(=C/c1oc2ccc(-c3ccccc3)cc2[n+]1CS(=O)(=O)[O-])/C=C1\Oc2ccc(-c3ccccc3)cc2N1CS(=O)[O-].CCNCC.CCNCC.O=S(=O)([O-])C[n+]1c(C=C2Oc3ccc(-c4ccccc4)cc3N2CS(=O)(=O)O)oc2ccc(-c3ccccc3)cc21.c1cc[nH+]cc1. The van der Waals surface area contributed by atoms with Crippen molar-refractivity contribution < 1.29 is 120 Å². The number of allylic oxidation sites excluding steroid dienone is 4. The van der Waals surface area contributed by atoms with E-state index in [-0.39, 0.29) is 41.2 Å². The van der Waals surface area contributed by atoms with E-state index in [9.17, 15) is 73.6 Å². The van der Waals surface area contributed by atoms with Gasteiger partial charge in [0, 0.05) is 51.4 Å². The maximum absolute atomic E-state index is 12.1. The van der Waals surface area contributed by atoms with Gasteiger partial charge in [0.05, 0.1) is 35.1 Å². The summed E-state index contributed by atoms with van der Waals surface area (Å²) >= 11 is 4.42. The Labute approximate surface area is 877 Å². The van der Waals surface area contributed by atoms with Gasteiger partial charge in [-0.1, -0.05) is 261 Å². The van der Waals surface area contributed by atoms with Crippen molar-refractivity contribution >= 4 is 162 Å². The molecule has 12 aromatic carbocycles. The number of aromatic nitrogens is 4. The molecule has 148 heavy (non-hydrogen) atoms. The molecule has 768 valence electrons. The Morgan fingerprint density at radius 2 is 0.642 bits per heavy atom. The lowest BCUT2D eigenvalue weighted by molar-refractivity contribution is -0.658. The second-order valence-electron chi connectivity index (χ2n) is 33.3. The van der Waals surface area contributed by atoms with Gasteiger partial charge in [-0.3, -0.25) is 28.0 Å². The van der Waals surface area contributed by atoms with E-state index in [1.54, 1.807) is 108 Å². The normalized spacial score (nSPS) is 14.0. The number of nitrogens with one attached hydrogen (secondary N) is 3. The zero-order valence-corrected chi connectivity index (χ0v) is 88.7. The second kappa shape index (κ2) is 49.8. The van der Waals surface area contributed by atoms with E-state index in [2.05, 4.69) is 75.2 Å². The zero-order chi connectivity index (χ0) is 106. The number of halogens is 2. The standard InChI is InChI=1S/C33H26Br2N2O8S2.C33H28N2O7S2.C29H22N2O8S2.C5H5N.2C4H11N/c1-2-21(15-32-36(19-46(38,39)40)28-17-24(7-13-30(28)44-32)22-3-9-26(34)10-4-22)16-33-37(20-47(41,42)43)29-18-25(8-14-31(29)45-33)23-5-11-27(35)12-6-23;1-2-23(17-32-34(21-43(36)37)28-19-26(13-15-30(28)41-32)24-9-5-3-6-10-24)18-33-35(22-44(38,39)40)29-20-27(14-16-31(29)42-33)25-11-7-4-8-12-25;32-40(33,34)18-30-24-15-22(20-7-3-1-4-8-20)11-13-26(24)38-28(30)17-29-31(19-41(35,36)37)25-16-23(12-14-27(25)39-29)21-9-5-2-6-10-21;1-2-4-6-5-3-1;2*1-3-5-4-2/h3-18H,2,19-20H2,1H3,(H-,38,39,40,41,42,43);3-20H,2,21-22H2,1H3,(H-,36,37,38,39,40);1-17H,18-19H2,(H-,32,33,34,35,36,37);1-5H;2*5H,3-4H2,1-2H3. The van der Waals surface area contributed by atoms with E-state index in [1.165, 1.54) is 29.6 Å². The number of rotatable bonds is 29.